The number of imidazole rings is 1. The van der Waals surface area contributed by atoms with E-state index in [-0.39, 0.29) is 17.9 Å². The Morgan fingerprint density at radius 2 is 1.62 bits per heavy atom. The lowest BCUT2D eigenvalue weighted by Gasteiger charge is -2.11. The van der Waals surface area contributed by atoms with Crippen LogP contribution >= 0.6 is 0 Å². The Balaban J connectivity index is 1.39. The molecule has 0 amide bonds. The summed E-state index contributed by atoms with van der Waals surface area (Å²) in [7, 11) is 1.69. The number of aromatic amines is 1. The third-order valence-corrected chi connectivity index (χ3v) is 5.48. The zero-order valence-electron chi connectivity index (χ0n) is 19.8. The predicted molar refractivity (Wildman–Crippen MR) is 131 cm³/mol. The molecule has 0 fully saturated rings. The van der Waals surface area contributed by atoms with Gasteiger partial charge in [-0.1, -0.05) is 0 Å². The lowest BCUT2D eigenvalue weighted by atomic mass is 10.1. The Bertz CT molecular complexity index is 1630. The maximum Gasteiger partial charge on any atom is 0.418 e. The van der Waals surface area contributed by atoms with Crippen LogP contribution in [0.25, 0.3) is 22.3 Å². The number of fused-ring (bicyclic) bond motifs is 1. The second-order valence-electron chi connectivity index (χ2n) is 8.12. The van der Waals surface area contributed by atoms with Crippen LogP contribution in [0.15, 0.2) is 67.0 Å². The van der Waals surface area contributed by atoms with E-state index in [0.29, 0.717) is 34.7 Å². The molecule has 0 aliphatic carbocycles. The molecule has 3 N–H and O–H groups in total. The molecule has 5 aromatic rings. The van der Waals surface area contributed by atoms with Crippen molar-refractivity contribution in [2.75, 3.05) is 17.7 Å². The zero-order valence-corrected chi connectivity index (χ0v) is 19.8. The number of ether oxygens (including phenoxy) is 1. The topological polar surface area (TPSA) is 101 Å². The fraction of sp³-hybridized carbons (Fsp3) is 0.120. The third-order valence-electron chi connectivity index (χ3n) is 5.48. The summed E-state index contributed by atoms with van der Waals surface area (Å²) in [5, 5.41) is 5.62. The monoisotopic (exact) mass is 545 g/mol. The van der Waals surface area contributed by atoms with Gasteiger partial charge in [-0.3, -0.25) is 0 Å². The molecule has 0 saturated heterocycles. The van der Waals surface area contributed by atoms with Gasteiger partial charge >= 0.3 is 12.4 Å². The fourth-order valence-corrected chi connectivity index (χ4v) is 3.71. The Morgan fingerprint density at radius 3 is 2.31 bits per heavy atom. The van der Waals surface area contributed by atoms with Gasteiger partial charge in [0.1, 0.15) is 11.3 Å². The predicted octanol–water partition coefficient (Wildman–Crippen LogP) is 7.03. The molecule has 3 heterocycles. The van der Waals surface area contributed by atoms with Crippen LogP contribution in [-0.2, 0) is 12.4 Å². The summed E-state index contributed by atoms with van der Waals surface area (Å²) in [6.07, 6.45) is -6.85. The van der Waals surface area contributed by atoms with Crippen molar-refractivity contribution in [1.29, 1.82) is 0 Å². The average Bonchev–Trinajstić information content (AvgIpc) is 3.31. The number of halogens is 6. The van der Waals surface area contributed by atoms with E-state index in [1.165, 1.54) is 0 Å². The third kappa shape index (κ3) is 5.54. The first kappa shape index (κ1) is 25.8. The van der Waals surface area contributed by atoms with Crippen molar-refractivity contribution in [1.82, 2.24) is 24.9 Å². The van der Waals surface area contributed by atoms with E-state index in [4.69, 9.17) is 4.74 Å². The molecule has 0 radical (unpaired) electrons. The fourth-order valence-electron chi connectivity index (χ4n) is 3.71. The highest BCUT2D eigenvalue weighted by Gasteiger charge is 2.39. The summed E-state index contributed by atoms with van der Waals surface area (Å²) in [5.74, 6) is 0.915. The molecule has 0 saturated carbocycles. The van der Waals surface area contributed by atoms with Crippen molar-refractivity contribution in [3.8, 4) is 22.9 Å². The largest absolute Gasteiger partial charge is 0.438 e. The number of hydrogen-bond donors (Lipinski definition) is 3. The minimum absolute atomic E-state index is 0.0476. The van der Waals surface area contributed by atoms with E-state index < -0.39 is 34.5 Å². The number of alkyl halides is 6. The molecular weight excluding hydrogens is 528 g/mol. The van der Waals surface area contributed by atoms with Gasteiger partial charge in [-0.25, -0.2) is 19.9 Å². The summed E-state index contributed by atoms with van der Waals surface area (Å²) < 4.78 is 85.7. The molecule has 8 nitrogen and oxygen atoms in total. The van der Waals surface area contributed by atoms with Crippen molar-refractivity contribution in [3.05, 3.63) is 78.1 Å². The summed E-state index contributed by atoms with van der Waals surface area (Å²) in [6, 6.07) is 12.1. The summed E-state index contributed by atoms with van der Waals surface area (Å²) in [4.78, 5) is 19.0. The van der Waals surface area contributed by atoms with Gasteiger partial charge in [0.2, 0.25) is 17.8 Å². The van der Waals surface area contributed by atoms with Gasteiger partial charge in [0.15, 0.2) is 0 Å². The average molecular weight is 545 g/mol. The number of anilines is 3. The molecule has 2 aromatic carbocycles. The Labute approximate surface area is 216 Å². The van der Waals surface area contributed by atoms with Crippen LogP contribution in [0.3, 0.4) is 0 Å². The molecule has 0 spiro atoms. The highest BCUT2D eigenvalue weighted by Crippen LogP contribution is 2.40. The molecule has 0 aliphatic heterocycles. The molecule has 5 rings (SSSR count). The number of pyridine rings is 1. The summed E-state index contributed by atoms with van der Waals surface area (Å²) in [6.45, 7) is 0. The van der Waals surface area contributed by atoms with E-state index in [1.54, 1.807) is 61.9 Å². The van der Waals surface area contributed by atoms with Gasteiger partial charge < -0.3 is 20.4 Å². The van der Waals surface area contributed by atoms with Gasteiger partial charge in [0.05, 0.1) is 27.9 Å². The minimum Gasteiger partial charge on any atom is -0.438 e. The van der Waals surface area contributed by atoms with Crippen LogP contribution in [0.5, 0.6) is 11.6 Å². The lowest BCUT2D eigenvalue weighted by molar-refractivity contribution is -0.142. The molecule has 3 aromatic heterocycles. The normalized spacial score (nSPS) is 12.0. The van der Waals surface area contributed by atoms with Crippen LogP contribution in [0.4, 0.5) is 43.9 Å². The van der Waals surface area contributed by atoms with Gasteiger partial charge in [0, 0.05) is 25.1 Å². The van der Waals surface area contributed by atoms with Gasteiger partial charge in [-0.2, -0.15) is 26.3 Å². The van der Waals surface area contributed by atoms with E-state index in [9.17, 15) is 26.3 Å². The van der Waals surface area contributed by atoms with Crippen molar-refractivity contribution in [2.24, 2.45) is 0 Å². The highest BCUT2D eigenvalue weighted by atomic mass is 19.4. The zero-order chi connectivity index (χ0) is 27.8. The van der Waals surface area contributed by atoms with E-state index in [1.807, 2.05) is 0 Å². The van der Waals surface area contributed by atoms with Crippen LogP contribution < -0.4 is 15.4 Å². The molecule has 200 valence electrons. The van der Waals surface area contributed by atoms with Crippen LogP contribution in [-0.4, -0.2) is 32.0 Å². The van der Waals surface area contributed by atoms with Crippen LogP contribution in [0.2, 0.25) is 0 Å². The van der Waals surface area contributed by atoms with Crippen molar-refractivity contribution >= 4 is 28.6 Å². The second kappa shape index (κ2) is 9.78. The number of benzene rings is 2. The molecule has 0 unspecified atom stereocenters. The van der Waals surface area contributed by atoms with Crippen molar-refractivity contribution < 1.29 is 31.1 Å². The minimum atomic E-state index is -5.03. The molecule has 0 atom stereocenters. The number of nitrogens with one attached hydrogen (secondary N) is 3. The molecule has 14 heteroatoms. The van der Waals surface area contributed by atoms with Gasteiger partial charge in [0.25, 0.3) is 0 Å². The van der Waals surface area contributed by atoms with Crippen molar-refractivity contribution in [3.63, 3.8) is 0 Å². The standard InChI is InChI=1S/C25H17F6N7O/c1-32-22-34-10-8-18(36-22)16-3-2-9-33-21(16)39-15-6-4-14(5-7-15)35-23-37-19-12-13(24(26,27)28)11-17(20(19)38-23)25(29,30)31/h2-12H,1H3,(H,32,34,36)(H2,35,37,38). The summed E-state index contributed by atoms with van der Waals surface area (Å²) in [5.41, 5.74) is -2.39. The van der Waals surface area contributed by atoms with Crippen LogP contribution in [0, 0.1) is 0 Å². The Morgan fingerprint density at radius 1 is 0.846 bits per heavy atom. The maximum atomic E-state index is 13.4. The molecule has 0 bridgehead atoms. The number of aromatic nitrogens is 5. The smallest absolute Gasteiger partial charge is 0.418 e. The number of rotatable bonds is 6. The van der Waals surface area contributed by atoms with E-state index >= 15 is 0 Å². The van der Waals surface area contributed by atoms with E-state index in [2.05, 4.69) is 35.6 Å². The van der Waals surface area contributed by atoms with Gasteiger partial charge in [-0.05, 0) is 54.6 Å². The first-order valence-electron chi connectivity index (χ1n) is 11.2. The summed E-state index contributed by atoms with van der Waals surface area (Å²) >= 11 is 0. The molecule has 39 heavy (non-hydrogen) atoms. The highest BCUT2D eigenvalue weighted by molar-refractivity contribution is 5.83. The molecular formula is C25H17F6N7O. The van der Waals surface area contributed by atoms with Crippen LogP contribution in [0.1, 0.15) is 11.1 Å². The quantitative estimate of drug-likeness (QED) is 0.197. The van der Waals surface area contributed by atoms with E-state index in [0.717, 1.165) is 0 Å². The molecule has 0 aliphatic rings. The SMILES string of the molecule is CNc1nccc(-c2cccnc2Oc2ccc(Nc3nc4c(C(F)(F)F)cc(C(F)(F)F)cc4[nH]3)cc2)n1. The number of hydrogen-bond acceptors (Lipinski definition) is 7. The Hall–Kier alpha value is -4.88. The van der Waals surface area contributed by atoms with Crippen molar-refractivity contribution in [2.45, 2.75) is 12.4 Å². The lowest BCUT2D eigenvalue weighted by Crippen LogP contribution is -2.11. The van der Waals surface area contributed by atoms with Gasteiger partial charge in [-0.15, -0.1) is 0 Å². The number of nitrogens with zero attached hydrogens (tertiary/aromatic N) is 4. The Kier molecular flexibility index (Phi) is 6.46. The first-order chi connectivity index (χ1) is 18.5. The second-order valence-corrected chi connectivity index (χ2v) is 8.12. The number of H-pyrrole nitrogens is 1. The first-order valence-corrected chi connectivity index (χ1v) is 11.2. The maximum absolute atomic E-state index is 13.4.